The van der Waals surface area contributed by atoms with E-state index in [0.29, 0.717) is 17.2 Å². The van der Waals surface area contributed by atoms with Gasteiger partial charge in [-0.15, -0.1) is 0 Å². The Morgan fingerprint density at radius 1 is 1.11 bits per heavy atom. The minimum atomic E-state index is -4.61. The molecule has 13 heteroatoms. The third-order valence-electron chi connectivity index (χ3n) is 5.15. The molecule has 0 bridgehead atoms. The normalized spacial score (nSPS) is 14.5. The molecular formula is C22H23Cl2F3N4O3S. The van der Waals surface area contributed by atoms with Crippen molar-refractivity contribution in [3.05, 3.63) is 76.3 Å². The molecule has 0 spiro atoms. The highest BCUT2D eigenvalue weighted by molar-refractivity contribution is 7.89. The van der Waals surface area contributed by atoms with E-state index >= 15 is 0 Å². The minimum absolute atomic E-state index is 0.0196. The predicted molar refractivity (Wildman–Crippen MR) is 125 cm³/mol. The largest absolute Gasteiger partial charge is 0.416 e. The van der Waals surface area contributed by atoms with Crippen molar-refractivity contribution in [2.24, 2.45) is 5.92 Å². The van der Waals surface area contributed by atoms with Gasteiger partial charge in [-0.3, -0.25) is 0 Å². The molecule has 1 N–H and O–H groups in total. The van der Waals surface area contributed by atoms with Crippen molar-refractivity contribution >= 4 is 33.2 Å². The molecule has 1 heterocycles. The van der Waals surface area contributed by atoms with E-state index < -0.39 is 33.9 Å². The molecule has 1 aromatic heterocycles. The molecule has 0 fully saturated rings. The Bertz CT molecular complexity index is 1250. The van der Waals surface area contributed by atoms with Crippen LogP contribution in [0.4, 0.5) is 13.2 Å². The third-order valence-corrected chi connectivity index (χ3v) is 7.52. The first kappa shape index (κ1) is 27.4. The standard InChI is InChI=1S/C22H23Cl2F3N4O3S/c1-15(2)10-31(35(33,34)18-6-3-16(4-7-18)22(25,26)27)12-21(32,11-30-14-28-13-29-30)19-8-5-17(23)9-20(19)24/h3-9,13-15,32H,10-12H2,1-2H3. The smallest absolute Gasteiger partial charge is 0.382 e. The highest BCUT2D eigenvalue weighted by Crippen LogP contribution is 2.35. The van der Waals surface area contributed by atoms with Crippen LogP contribution in [0.15, 0.2) is 60.0 Å². The Morgan fingerprint density at radius 3 is 2.29 bits per heavy atom. The number of benzene rings is 2. The van der Waals surface area contributed by atoms with E-state index in [4.69, 9.17) is 23.2 Å². The summed E-state index contributed by atoms with van der Waals surface area (Å²) < 4.78 is 68.3. The van der Waals surface area contributed by atoms with Crippen molar-refractivity contribution in [3.8, 4) is 0 Å². The number of nitrogens with zero attached hydrogens (tertiary/aromatic N) is 4. The van der Waals surface area contributed by atoms with Gasteiger partial charge in [0.1, 0.15) is 18.3 Å². The summed E-state index contributed by atoms with van der Waals surface area (Å²) >= 11 is 12.4. The fraction of sp³-hybridized carbons (Fsp3) is 0.364. The van der Waals surface area contributed by atoms with Gasteiger partial charge in [-0.2, -0.15) is 22.6 Å². The highest BCUT2D eigenvalue weighted by Gasteiger charge is 2.39. The van der Waals surface area contributed by atoms with Gasteiger partial charge in [-0.1, -0.05) is 43.1 Å². The summed E-state index contributed by atoms with van der Waals surface area (Å²) in [6, 6.07) is 7.62. The van der Waals surface area contributed by atoms with Gasteiger partial charge in [0.25, 0.3) is 0 Å². The number of aromatic nitrogens is 3. The van der Waals surface area contributed by atoms with E-state index in [-0.39, 0.29) is 34.5 Å². The van der Waals surface area contributed by atoms with Gasteiger partial charge in [0.05, 0.1) is 17.0 Å². The Balaban J connectivity index is 2.06. The number of sulfonamides is 1. The summed E-state index contributed by atoms with van der Waals surface area (Å²) in [5.41, 5.74) is -2.65. The molecule has 3 aromatic rings. The summed E-state index contributed by atoms with van der Waals surface area (Å²) in [4.78, 5) is 3.51. The number of rotatable bonds is 9. The molecule has 0 saturated heterocycles. The molecule has 0 radical (unpaired) electrons. The zero-order valence-corrected chi connectivity index (χ0v) is 21.1. The second-order valence-electron chi connectivity index (χ2n) is 8.46. The molecule has 35 heavy (non-hydrogen) atoms. The van der Waals surface area contributed by atoms with E-state index in [0.717, 1.165) is 16.4 Å². The summed E-state index contributed by atoms with van der Waals surface area (Å²) in [5, 5.41) is 16.2. The van der Waals surface area contributed by atoms with E-state index in [1.165, 1.54) is 35.5 Å². The maximum Gasteiger partial charge on any atom is 0.416 e. The van der Waals surface area contributed by atoms with Gasteiger partial charge >= 0.3 is 6.18 Å². The monoisotopic (exact) mass is 550 g/mol. The van der Waals surface area contributed by atoms with Crippen LogP contribution in [0, 0.1) is 5.92 Å². The van der Waals surface area contributed by atoms with Crippen molar-refractivity contribution in [3.63, 3.8) is 0 Å². The van der Waals surface area contributed by atoms with Gasteiger partial charge < -0.3 is 5.11 Å². The van der Waals surface area contributed by atoms with Crippen LogP contribution in [0.2, 0.25) is 10.0 Å². The molecule has 1 unspecified atom stereocenters. The van der Waals surface area contributed by atoms with Gasteiger partial charge in [0.2, 0.25) is 10.0 Å². The summed E-state index contributed by atoms with van der Waals surface area (Å²) in [7, 11) is -4.31. The molecule has 0 aliphatic carbocycles. The lowest BCUT2D eigenvalue weighted by Gasteiger charge is -2.35. The van der Waals surface area contributed by atoms with Crippen LogP contribution in [0.25, 0.3) is 0 Å². The van der Waals surface area contributed by atoms with E-state index in [2.05, 4.69) is 10.1 Å². The van der Waals surface area contributed by atoms with Crippen molar-refractivity contribution in [1.82, 2.24) is 19.1 Å². The summed E-state index contributed by atoms with van der Waals surface area (Å²) in [6.45, 7) is 2.87. The zero-order chi connectivity index (χ0) is 26.0. The number of hydrogen-bond acceptors (Lipinski definition) is 5. The Hall–Kier alpha value is -2.18. The molecule has 0 aliphatic rings. The SMILES string of the molecule is CC(C)CN(CC(O)(Cn1cncn1)c1ccc(Cl)cc1Cl)S(=O)(=O)c1ccc(C(F)(F)F)cc1. The van der Waals surface area contributed by atoms with Crippen LogP contribution < -0.4 is 0 Å². The third kappa shape index (κ3) is 6.53. The quantitative estimate of drug-likeness (QED) is 0.412. The topological polar surface area (TPSA) is 88.3 Å². The molecule has 0 amide bonds. The second kappa shape index (κ2) is 10.4. The average molecular weight is 551 g/mol. The lowest BCUT2D eigenvalue weighted by molar-refractivity contribution is -0.137. The molecular weight excluding hydrogens is 528 g/mol. The fourth-order valence-corrected chi connectivity index (χ4v) is 5.82. The Kier molecular flexibility index (Phi) is 8.17. The first-order valence-corrected chi connectivity index (χ1v) is 12.6. The molecule has 0 saturated carbocycles. The maximum absolute atomic E-state index is 13.5. The van der Waals surface area contributed by atoms with Gasteiger partial charge in [-0.25, -0.2) is 18.1 Å². The van der Waals surface area contributed by atoms with Gasteiger partial charge in [0.15, 0.2) is 0 Å². The number of aliphatic hydroxyl groups is 1. The second-order valence-corrected chi connectivity index (χ2v) is 11.2. The van der Waals surface area contributed by atoms with E-state index in [1.807, 2.05) is 0 Å². The first-order valence-electron chi connectivity index (χ1n) is 10.4. The number of halogens is 5. The highest BCUT2D eigenvalue weighted by atomic mass is 35.5. The molecule has 2 aromatic carbocycles. The summed E-state index contributed by atoms with van der Waals surface area (Å²) in [6.07, 6.45) is -2.00. The Morgan fingerprint density at radius 2 is 1.77 bits per heavy atom. The van der Waals surface area contributed by atoms with Gasteiger partial charge in [-0.05, 0) is 42.3 Å². The maximum atomic E-state index is 13.5. The fourth-order valence-electron chi connectivity index (χ4n) is 3.58. The Labute approximate surface area is 211 Å². The van der Waals surface area contributed by atoms with E-state index in [1.54, 1.807) is 13.8 Å². The minimum Gasteiger partial charge on any atom is -0.382 e. The van der Waals surface area contributed by atoms with Crippen LogP contribution in [-0.4, -0.2) is 45.7 Å². The van der Waals surface area contributed by atoms with Crippen molar-refractivity contribution in [2.75, 3.05) is 13.1 Å². The van der Waals surface area contributed by atoms with Crippen molar-refractivity contribution < 1.29 is 26.7 Å². The van der Waals surface area contributed by atoms with Crippen LogP contribution in [-0.2, 0) is 28.3 Å². The lowest BCUT2D eigenvalue weighted by Crippen LogP contribution is -2.47. The predicted octanol–water partition coefficient (Wildman–Crippen LogP) is 4.84. The first-order chi connectivity index (χ1) is 16.2. The molecule has 7 nitrogen and oxygen atoms in total. The van der Waals surface area contributed by atoms with Crippen LogP contribution in [0.1, 0.15) is 25.0 Å². The van der Waals surface area contributed by atoms with Gasteiger partial charge in [0, 0.05) is 28.7 Å². The molecule has 0 aliphatic heterocycles. The zero-order valence-electron chi connectivity index (χ0n) is 18.7. The summed E-state index contributed by atoms with van der Waals surface area (Å²) in [5.74, 6) is -0.171. The average Bonchev–Trinajstić information content (AvgIpc) is 3.25. The van der Waals surface area contributed by atoms with Crippen molar-refractivity contribution in [1.29, 1.82) is 0 Å². The molecule has 3 rings (SSSR count). The molecule has 1 atom stereocenters. The van der Waals surface area contributed by atoms with E-state index in [9.17, 15) is 26.7 Å². The van der Waals surface area contributed by atoms with Crippen LogP contribution >= 0.6 is 23.2 Å². The lowest BCUT2D eigenvalue weighted by atomic mass is 9.93. The number of alkyl halides is 3. The van der Waals surface area contributed by atoms with Crippen molar-refractivity contribution in [2.45, 2.75) is 37.1 Å². The molecule has 190 valence electrons. The number of hydrogen-bond donors (Lipinski definition) is 1. The van der Waals surface area contributed by atoms with Crippen LogP contribution in [0.3, 0.4) is 0 Å². The van der Waals surface area contributed by atoms with Crippen LogP contribution in [0.5, 0.6) is 0 Å².